The fourth-order valence-corrected chi connectivity index (χ4v) is 1.55. The lowest BCUT2D eigenvalue weighted by atomic mass is 10.1. The van der Waals surface area contributed by atoms with Gasteiger partial charge < -0.3 is 9.66 Å². The van der Waals surface area contributed by atoms with Gasteiger partial charge in [-0.3, -0.25) is 0 Å². The molecule has 2 N–H and O–H groups in total. The van der Waals surface area contributed by atoms with Crippen LogP contribution < -0.4 is 0 Å². The molecule has 2 unspecified atom stereocenters. The van der Waals surface area contributed by atoms with Gasteiger partial charge in [0.05, 0.1) is 5.75 Å². The predicted octanol–water partition coefficient (Wildman–Crippen LogP) is 1.41. The Balaban J connectivity index is 2.73. The first-order valence-electron chi connectivity index (χ1n) is 4.04. The maximum atomic E-state index is 12.0. The lowest BCUT2D eigenvalue weighted by Gasteiger charge is -2.06. The van der Waals surface area contributed by atoms with Gasteiger partial charge in [0.15, 0.2) is 11.1 Å². The van der Waals surface area contributed by atoms with Crippen LogP contribution in [0.3, 0.4) is 0 Å². The van der Waals surface area contributed by atoms with E-state index in [2.05, 4.69) is 0 Å². The van der Waals surface area contributed by atoms with Gasteiger partial charge in [0, 0.05) is 0 Å². The van der Waals surface area contributed by atoms with Crippen LogP contribution in [0.5, 0.6) is 0 Å². The summed E-state index contributed by atoms with van der Waals surface area (Å²) in [6, 6.07) is 6.30. The first-order valence-corrected chi connectivity index (χ1v) is 5.31. The fraction of sp³-hybridized carbons (Fsp3) is 0.333. The molecular weight excluding hydrogens is 207 g/mol. The van der Waals surface area contributed by atoms with Gasteiger partial charge in [-0.2, -0.15) is 0 Å². The molecule has 0 bridgehead atoms. The van der Waals surface area contributed by atoms with E-state index in [4.69, 9.17) is 9.66 Å². The minimum atomic E-state index is -1.87. The third-order valence-corrected chi connectivity index (χ3v) is 2.38. The molecule has 0 radical (unpaired) electrons. The Labute approximate surface area is 83.9 Å². The highest BCUT2D eigenvalue weighted by Gasteiger charge is 2.06. The second-order valence-electron chi connectivity index (χ2n) is 2.88. The smallest absolute Gasteiger partial charge is 0.157 e. The number of halogens is 1. The van der Waals surface area contributed by atoms with E-state index in [1.165, 1.54) is 0 Å². The molecule has 1 aromatic carbocycles. The zero-order valence-electron chi connectivity index (χ0n) is 7.39. The Morgan fingerprint density at radius 2 is 1.93 bits per heavy atom. The third-order valence-electron chi connectivity index (χ3n) is 1.80. The Kier molecular flexibility index (Phi) is 4.19. The second kappa shape index (κ2) is 5.19. The Morgan fingerprint density at radius 1 is 1.36 bits per heavy atom. The molecule has 0 saturated heterocycles. The van der Waals surface area contributed by atoms with Crippen LogP contribution in [0.25, 0.3) is 0 Å². The van der Waals surface area contributed by atoms with Crippen molar-refractivity contribution in [2.75, 3.05) is 6.67 Å². The Hall–Kier alpha value is -0.780. The molecule has 78 valence electrons. The maximum Gasteiger partial charge on any atom is 0.157 e. The summed E-state index contributed by atoms with van der Waals surface area (Å²) in [7, 11) is 0. The molecule has 0 fully saturated rings. The molecule has 0 saturated carbocycles. The average molecular weight is 218 g/mol. The van der Waals surface area contributed by atoms with E-state index in [1.54, 1.807) is 24.3 Å². The van der Waals surface area contributed by atoms with Crippen molar-refractivity contribution in [3.05, 3.63) is 35.4 Å². The van der Waals surface area contributed by atoms with Gasteiger partial charge in [-0.05, 0) is 11.1 Å². The highest BCUT2D eigenvalue weighted by molar-refractivity contribution is 7.78. The monoisotopic (exact) mass is 218 g/mol. The van der Waals surface area contributed by atoms with Crippen LogP contribution in [-0.4, -0.2) is 20.5 Å². The van der Waals surface area contributed by atoms with Crippen LogP contribution in [0.1, 0.15) is 17.2 Å². The first kappa shape index (κ1) is 11.3. The van der Waals surface area contributed by atoms with Crippen molar-refractivity contribution < 1.29 is 18.3 Å². The summed E-state index contributed by atoms with van der Waals surface area (Å²) >= 11 is -1.87. The van der Waals surface area contributed by atoms with E-state index in [0.717, 1.165) is 0 Å². The number of aliphatic hydroxyl groups is 1. The maximum absolute atomic E-state index is 12.0. The third kappa shape index (κ3) is 3.17. The van der Waals surface area contributed by atoms with Gasteiger partial charge in [-0.15, -0.1) is 0 Å². The van der Waals surface area contributed by atoms with Crippen LogP contribution in [0.15, 0.2) is 24.3 Å². The summed E-state index contributed by atoms with van der Waals surface area (Å²) in [5.41, 5.74) is 1.15. The molecule has 1 rings (SSSR count). The standard InChI is InChI=1S/C9H11FO3S/c10-5-9(11)8-3-1-7(2-4-8)6-14(12)13/h1-4,9,11H,5-6H2,(H,12,13). The number of aliphatic hydroxyl groups excluding tert-OH is 1. The molecular formula is C9H11FO3S. The lowest BCUT2D eigenvalue weighted by molar-refractivity contribution is 0.142. The molecule has 5 heteroatoms. The number of rotatable bonds is 4. The molecule has 0 aliphatic rings. The topological polar surface area (TPSA) is 57.5 Å². The molecule has 0 aromatic heterocycles. The van der Waals surface area contributed by atoms with Crippen molar-refractivity contribution in [3.63, 3.8) is 0 Å². The molecule has 14 heavy (non-hydrogen) atoms. The normalized spacial score (nSPS) is 15.1. The summed E-state index contributed by atoms with van der Waals surface area (Å²) in [5, 5.41) is 9.12. The molecule has 3 nitrogen and oxygen atoms in total. The predicted molar refractivity (Wildman–Crippen MR) is 51.9 cm³/mol. The summed E-state index contributed by atoms with van der Waals surface area (Å²) in [6.45, 7) is -0.828. The SMILES string of the molecule is O=S(O)Cc1ccc(C(O)CF)cc1. The average Bonchev–Trinajstić information content (AvgIpc) is 2.17. The Bertz CT molecular complexity index is 312. The molecule has 2 atom stereocenters. The first-order chi connectivity index (χ1) is 6.63. The fourth-order valence-electron chi connectivity index (χ4n) is 1.07. The van der Waals surface area contributed by atoms with Crippen LogP contribution in [0.2, 0.25) is 0 Å². The highest BCUT2D eigenvalue weighted by Crippen LogP contribution is 2.14. The summed E-state index contributed by atoms with van der Waals surface area (Å²) in [6.07, 6.45) is -1.11. The quantitative estimate of drug-likeness (QED) is 0.751. The summed E-state index contributed by atoms with van der Waals surface area (Å²) in [5.74, 6) is 0.0476. The van der Waals surface area contributed by atoms with Gasteiger partial charge in [0.25, 0.3) is 0 Å². The lowest BCUT2D eigenvalue weighted by Crippen LogP contribution is -2.00. The molecule has 0 heterocycles. The van der Waals surface area contributed by atoms with Gasteiger partial charge in [0.1, 0.15) is 12.8 Å². The minimum absolute atomic E-state index is 0.0476. The van der Waals surface area contributed by atoms with Gasteiger partial charge in [-0.25, -0.2) is 8.60 Å². The number of hydrogen-bond acceptors (Lipinski definition) is 2. The van der Waals surface area contributed by atoms with E-state index in [9.17, 15) is 8.60 Å². The molecule has 0 aliphatic carbocycles. The van der Waals surface area contributed by atoms with E-state index < -0.39 is 23.9 Å². The van der Waals surface area contributed by atoms with E-state index in [0.29, 0.717) is 11.1 Å². The molecule has 0 aliphatic heterocycles. The largest absolute Gasteiger partial charge is 0.386 e. The van der Waals surface area contributed by atoms with Crippen molar-refractivity contribution in [1.82, 2.24) is 0 Å². The number of hydrogen-bond donors (Lipinski definition) is 2. The number of benzene rings is 1. The zero-order chi connectivity index (χ0) is 10.6. The molecule has 0 spiro atoms. The van der Waals surface area contributed by atoms with Gasteiger partial charge in [-0.1, -0.05) is 24.3 Å². The second-order valence-corrected chi connectivity index (χ2v) is 3.81. The van der Waals surface area contributed by atoms with E-state index in [1.807, 2.05) is 0 Å². The van der Waals surface area contributed by atoms with Gasteiger partial charge in [0.2, 0.25) is 0 Å². The minimum Gasteiger partial charge on any atom is -0.386 e. The molecule has 1 aromatic rings. The van der Waals surface area contributed by atoms with Crippen LogP contribution in [0, 0.1) is 0 Å². The summed E-state index contributed by atoms with van der Waals surface area (Å²) in [4.78, 5) is 0. The van der Waals surface area contributed by atoms with E-state index in [-0.39, 0.29) is 5.75 Å². The van der Waals surface area contributed by atoms with Crippen molar-refractivity contribution >= 4 is 11.1 Å². The molecule has 0 amide bonds. The van der Waals surface area contributed by atoms with Crippen LogP contribution in [0.4, 0.5) is 4.39 Å². The zero-order valence-corrected chi connectivity index (χ0v) is 8.21. The van der Waals surface area contributed by atoms with Crippen molar-refractivity contribution in [2.24, 2.45) is 0 Å². The van der Waals surface area contributed by atoms with Crippen molar-refractivity contribution in [1.29, 1.82) is 0 Å². The van der Waals surface area contributed by atoms with Gasteiger partial charge >= 0.3 is 0 Å². The van der Waals surface area contributed by atoms with E-state index >= 15 is 0 Å². The highest BCUT2D eigenvalue weighted by atomic mass is 32.2. The van der Waals surface area contributed by atoms with Crippen LogP contribution >= 0.6 is 0 Å². The van der Waals surface area contributed by atoms with Crippen molar-refractivity contribution in [3.8, 4) is 0 Å². The van der Waals surface area contributed by atoms with Crippen molar-refractivity contribution in [2.45, 2.75) is 11.9 Å². The number of alkyl halides is 1. The van der Waals surface area contributed by atoms with Crippen LogP contribution in [-0.2, 0) is 16.8 Å². The summed E-state index contributed by atoms with van der Waals surface area (Å²) < 4.78 is 31.1. The Morgan fingerprint density at radius 3 is 2.36 bits per heavy atom.